The molecule has 0 aromatic rings. The second-order valence-electron chi connectivity index (χ2n) is 14.6. The van der Waals surface area contributed by atoms with Crippen molar-refractivity contribution in [3.8, 4) is 0 Å². The largest absolute Gasteiger partial charge is 0.469 e. The molecule has 196 valence electrons. The van der Waals surface area contributed by atoms with Gasteiger partial charge in [-0.05, 0) is 104 Å². The zero-order valence-corrected chi connectivity index (χ0v) is 23.5. The van der Waals surface area contributed by atoms with E-state index in [1.54, 1.807) is 12.7 Å². The third-order valence-electron chi connectivity index (χ3n) is 13.5. The molecule has 0 heterocycles. The van der Waals surface area contributed by atoms with Crippen molar-refractivity contribution in [1.82, 2.24) is 0 Å². The Morgan fingerprint density at radius 2 is 1.71 bits per heavy atom. The summed E-state index contributed by atoms with van der Waals surface area (Å²) in [5, 5.41) is 13.5. The van der Waals surface area contributed by atoms with Gasteiger partial charge in [-0.15, -0.1) is 0 Å². The Hall–Kier alpha value is -1.32. The Morgan fingerprint density at radius 1 is 1.00 bits per heavy atom. The maximum Gasteiger partial charge on any atom is 0.312 e. The lowest BCUT2D eigenvalue weighted by atomic mass is 9.33. The number of rotatable bonds is 1. The zero-order chi connectivity index (χ0) is 25.6. The molecule has 35 heavy (non-hydrogen) atoms. The van der Waals surface area contributed by atoms with Gasteiger partial charge >= 0.3 is 5.97 Å². The SMILES string of the molecule is COC(=O)[C@]12CC[C@@H](C)[C@H](C)[C@H]1C1=CC[C@@H]3[C@@]4(C)CCC(=NO)C(C)(C)[C@@H]4CC[C@@]3(C)[C@]1(C)CC2. The van der Waals surface area contributed by atoms with Gasteiger partial charge < -0.3 is 9.94 Å². The summed E-state index contributed by atoms with van der Waals surface area (Å²) in [6.07, 6.45) is 12.3. The first kappa shape index (κ1) is 25.3. The Labute approximate surface area is 213 Å². The molecule has 0 radical (unpaired) electrons. The van der Waals surface area contributed by atoms with Crippen LogP contribution in [0, 0.1) is 56.7 Å². The second kappa shape index (κ2) is 7.84. The molecular formula is C31H49NO3. The number of oxime groups is 1. The van der Waals surface area contributed by atoms with Crippen LogP contribution in [0.2, 0.25) is 0 Å². The average Bonchev–Trinajstić information content (AvgIpc) is 2.81. The number of methoxy groups -OCH3 is 1. The Morgan fingerprint density at radius 3 is 2.37 bits per heavy atom. The molecule has 5 rings (SSSR count). The van der Waals surface area contributed by atoms with Gasteiger partial charge in [-0.1, -0.05) is 65.3 Å². The van der Waals surface area contributed by atoms with Gasteiger partial charge in [0.15, 0.2) is 0 Å². The van der Waals surface area contributed by atoms with Crippen molar-refractivity contribution in [3.63, 3.8) is 0 Å². The summed E-state index contributed by atoms with van der Waals surface area (Å²) in [5.74, 6) is 2.63. The molecule has 0 saturated heterocycles. The summed E-state index contributed by atoms with van der Waals surface area (Å²) in [6, 6.07) is 0. The maximum atomic E-state index is 13.4. The molecule has 1 N–H and O–H groups in total. The molecule has 0 aromatic heterocycles. The van der Waals surface area contributed by atoms with Crippen molar-refractivity contribution in [2.24, 2.45) is 61.8 Å². The normalized spacial score (nSPS) is 51.8. The van der Waals surface area contributed by atoms with Gasteiger partial charge in [0.05, 0.1) is 18.2 Å². The third kappa shape index (κ3) is 2.98. The summed E-state index contributed by atoms with van der Waals surface area (Å²) in [5.41, 5.74) is 2.76. The van der Waals surface area contributed by atoms with Crippen LogP contribution < -0.4 is 0 Å². The fraction of sp³-hybridized carbons (Fsp3) is 0.871. The van der Waals surface area contributed by atoms with Gasteiger partial charge in [-0.2, -0.15) is 0 Å². The van der Waals surface area contributed by atoms with E-state index in [9.17, 15) is 10.0 Å². The fourth-order valence-corrected chi connectivity index (χ4v) is 11.0. The number of carbonyl (C=O) groups excluding carboxylic acids is 1. The van der Waals surface area contributed by atoms with Crippen molar-refractivity contribution >= 4 is 11.7 Å². The van der Waals surface area contributed by atoms with E-state index < -0.39 is 0 Å². The minimum atomic E-state index is -0.338. The standard InChI is InChI=1S/C31H49NO3/c1-19-11-16-31(26(33)35-8)18-17-29(6)21(25(31)20(19)2)9-10-23-28(5)14-13-24(32-34)27(3,4)22(28)12-15-30(23,29)7/h9,19-20,22-23,25,34H,10-18H2,1-8H3/t19-,20+,22+,23-,25+,28+,29-,30-,31+/m1/s1. The lowest BCUT2D eigenvalue weighted by Gasteiger charge is -2.71. The number of carbonyl (C=O) groups is 1. The van der Waals surface area contributed by atoms with Gasteiger partial charge in [0.25, 0.3) is 0 Å². The summed E-state index contributed by atoms with van der Waals surface area (Å²) >= 11 is 0. The molecule has 4 heteroatoms. The minimum absolute atomic E-state index is 0.0389. The van der Waals surface area contributed by atoms with E-state index in [-0.39, 0.29) is 33.0 Å². The van der Waals surface area contributed by atoms with Gasteiger partial charge in [0.1, 0.15) is 0 Å². The number of nitrogens with zero attached hydrogens (tertiary/aromatic N) is 1. The fourth-order valence-electron chi connectivity index (χ4n) is 11.0. The van der Waals surface area contributed by atoms with E-state index in [2.05, 4.69) is 59.7 Å². The average molecular weight is 484 g/mol. The molecule has 0 aliphatic heterocycles. The molecular weight excluding hydrogens is 434 g/mol. The molecule has 9 atom stereocenters. The van der Waals surface area contributed by atoms with Crippen molar-refractivity contribution in [3.05, 3.63) is 11.6 Å². The lowest BCUT2D eigenvalue weighted by Crippen LogP contribution is -2.65. The molecule has 4 saturated carbocycles. The highest BCUT2D eigenvalue weighted by atomic mass is 16.5. The lowest BCUT2D eigenvalue weighted by molar-refractivity contribution is -0.183. The summed E-state index contributed by atoms with van der Waals surface area (Å²) in [7, 11) is 1.59. The van der Waals surface area contributed by atoms with Crippen LogP contribution in [0.3, 0.4) is 0 Å². The van der Waals surface area contributed by atoms with Crippen molar-refractivity contribution in [2.45, 2.75) is 106 Å². The topological polar surface area (TPSA) is 58.9 Å². The van der Waals surface area contributed by atoms with Crippen LogP contribution in [0.25, 0.3) is 0 Å². The monoisotopic (exact) mass is 483 g/mol. The van der Waals surface area contributed by atoms with Crippen LogP contribution >= 0.6 is 0 Å². The first-order chi connectivity index (χ1) is 16.3. The van der Waals surface area contributed by atoms with Crippen LogP contribution in [-0.2, 0) is 9.53 Å². The zero-order valence-electron chi connectivity index (χ0n) is 23.5. The highest BCUT2D eigenvalue weighted by Gasteiger charge is 2.69. The minimum Gasteiger partial charge on any atom is -0.469 e. The number of fused-ring (bicyclic) bond motifs is 7. The van der Waals surface area contributed by atoms with Gasteiger partial charge in [0, 0.05) is 5.41 Å². The number of esters is 1. The molecule has 5 aliphatic rings. The highest BCUT2D eigenvalue weighted by Crippen LogP contribution is 2.75. The maximum absolute atomic E-state index is 13.4. The molecule has 0 aromatic carbocycles. The highest BCUT2D eigenvalue weighted by molar-refractivity contribution is 5.90. The second-order valence-corrected chi connectivity index (χ2v) is 14.6. The number of hydrogen-bond acceptors (Lipinski definition) is 4. The van der Waals surface area contributed by atoms with Crippen LogP contribution in [0.4, 0.5) is 0 Å². The van der Waals surface area contributed by atoms with Crippen molar-refractivity contribution < 1.29 is 14.7 Å². The molecule has 5 aliphatic carbocycles. The number of hydrogen-bond donors (Lipinski definition) is 1. The quantitative estimate of drug-likeness (QED) is 0.180. The Bertz CT molecular complexity index is 966. The van der Waals surface area contributed by atoms with E-state index in [4.69, 9.17) is 4.74 Å². The first-order valence-electron chi connectivity index (χ1n) is 14.3. The molecule has 0 unspecified atom stereocenters. The van der Waals surface area contributed by atoms with Gasteiger partial charge in [0.2, 0.25) is 0 Å². The number of ether oxygens (including phenoxy) is 1. The van der Waals surface area contributed by atoms with Gasteiger partial charge in [-0.25, -0.2) is 0 Å². The Kier molecular flexibility index (Phi) is 5.67. The van der Waals surface area contributed by atoms with E-state index in [0.29, 0.717) is 29.6 Å². The van der Waals surface area contributed by atoms with Crippen LogP contribution in [0.5, 0.6) is 0 Å². The molecule has 0 spiro atoms. The smallest absolute Gasteiger partial charge is 0.312 e. The van der Waals surface area contributed by atoms with E-state index in [1.807, 2.05) is 0 Å². The van der Waals surface area contributed by atoms with Crippen molar-refractivity contribution in [1.29, 1.82) is 0 Å². The predicted molar refractivity (Wildman–Crippen MR) is 140 cm³/mol. The molecule has 4 nitrogen and oxygen atoms in total. The number of allylic oxidation sites excluding steroid dienone is 2. The van der Waals surface area contributed by atoms with Gasteiger partial charge in [-0.3, -0.25) is 4.79 Å². The third-order valence-corrected chi connectivity index (χ3v) is 13.5. The molecule has 0 amide bonds. The van der Waals surface area contributed by atoms with E-state index in [1.165, 1.54) is 12.8 Å². The summed E-state index contributed by atoms with van der Waals surface area (Å²) < 4.78 is 5.51. The van der Waals surface area contributed by atoms with Crippen molar-refractivity contribution in [2.75, 3.05) is 7.11 Å². The molecule has 4 fully saturated rings. The summed E-state index contributed by atoms with van der Waals surface area (Å²) in [6.45, 7) is 17.2. The summed E-state index contributed by atoms with van der Waals surface area (Å²) in [4.78, 5) is 13.4. The predicted octanol–water partition coefficient (Wildman–Crippen LogP) is 7.65. The van der Waals surface area contributed by atoms with E-state index in [0.717, 1.165) is 50.7 Å². The molecule has 0 bridgehead atoms. The first-order valence-corrected chi connectivity index (χ1v) is 14.3. The van der Waals surface area contributed by atoms with E-state index >= 15 is 0 Å². The van der Waals surface area contributed by atoms with Crippen LogP contribution in [0.1, 0.15) is 106 Å². The van der Waals surface area contributed by atoms with Crippen LogP contribution in [0.15, 0.2) is 16.8 Å². The Balaban J connectivity index is 1.61. The van der Waals surface area contributed by atoms with Crippen LogP contribution in [-0.4, -0.2) is 24.0 Å².